The molecule has 0 spiro atoms. The van der Waals surface area contributed by atoms with E-state index >= 15 is 0 Å². The van der Waals surface area contributed by atoms with Gasteiger partial charge in [0.05, 0.1) is 18.3 Å². The minimum Gasteiger partial charge on any atom is -0.508 e. The van der Waals surface area contributed by atoms with Gasteiger partial charge in [-0.25, -0.2) is 0 Å². The van der Waals surface area contributed by atoms with E-state index in [1.54, 1.807) is 6.08 Å². The molecule has 3 aliphatic rings. The molecule has 3 aromatic rings. The summed E-state index contributed by atoms with van der Waals surface area (Å²) in [7, 11) is 4.30. The Morgan fingerprint density at radius 2 is 1.83 bits per heavy atom. The van der Waals surface area contributed by atoms with Crippen LogP contribution in [0, 0.1) is 0 Å². The average Bonchev–Trinajstić information content (AvgIpc) is 3.00. The van der Waals surface area contributed by atoms with E-state index in [0.29, 0.717) is 19.2 Å². The molecule has 41 heavy (non-hydrogen) atoms. The van der Waals surface area contributed by atoms with Crippen molar-refractivity contribution in [1.29, 1.82) is 0 Å². The van der Waals surface area contributed by atoms with E-state index in [2.05, 4.69) is 46.3 Å². The van der Waals surface area contributed by atoms with Crippen molar-refractivity contribution in [1.82, 2.24) is 24.7 Å². The molecule has 10 nitrogen and oxygen atoms in total. The molecule has 0 saturated carbocycles. The van der Waals surface area contributed by atoms with Gasteiger partial charge in [0.2, 0.25) is 0 Å². The van der Waals surface area contributed by atoms with Crippen LogP contribution in [0.25, 0.3) is 10.8 Å². The van der Waals surface area contributed by atoms with Crippen LogP contribution in [0.1, 0.15) is 11.3 Å². The molecule has 0 bridgehead atoms. The average molecular weight is 560 g/mol. The number of rotatable bonds is 7. The number of aromatic nitrogens is 2. The first-order chi connectivity index (χ1) is 19.9. The van der Waals surface area contributed by atoms with Gasteiger partial charge in [0.15, 0.2) is 0 Å². The predicted octanol–water partition coefficient (Wildman–Crippen LogP) is 2.15. The van der Waals surface area contributed by atoms with Gasteiger partial charge in [-0.3, -0.25) is 9.80 Å². The first kappa shape index (κ1) is 27.7. The van der Waals surface area contributed by atoms with E-state index in [-0.39, 0.29) is 11.8 Å². The fraction of sp³-hybridized carbons (Fsp3) is 0.484. The van der Waals surface area contributed by atoms with E-state index in [4.69, 9.17) is 14.7 Å². The Hall–Kier alpha value is -3.44. The molecule has 10 heteroatoms. The lowest BCUT2D eigenvalue weighted by Crippen LogP contribution is -2.52. The lowest BCUT2D eigenvalue weighted by molar-refractivity contribution is 0.0379. The van der Waals surface area contributed by atoms with Gasteiger partial charge in [0, 0.05) is 75.1 Å². The molecule has 4 heterocycles. The number of nitrogens with zero attached hydrogens (tertiary/aromatic N) is 7. The van der Waals surface area contributed by atoms with E-state index in [0.717, 1.165) is 92.3 Å². The van der Waals surface area contributed by atoms with Crippen molar-refractivity contribution in [3.05, 3.63) is 60.3 Å². The van der Waals surface area contributed by atoms with Crippen molar-refractivity contribution in [2.45, 2.75) is 25.2 Å². The summed E-state index contributed by atoms with van der Waals surface area (Å²) < 4.78 is 6.33. The minimum absolute atomic E-state index is 0.262. The zero-order valence-corrected chi connectivity index (χ0v) is 24.1. The second kappa shape index (κ2) is 11.8. The Morgan fingerprint density at radius 1 is 1.02 bits per heavy atom. The minimum atomic E-state index is -0.633. The molecule has 6 rings (SSSR count). The van der Waals surface area contributed by atoms with Crippen molar-refractivity contribution in [3.8, 4) is 11.8 Å². The van der Waals surface area contributed by atoms with Gasteiger partial charge in [-0.1, -0.05) is 30.8 Å². The molecule has 2 N–H and O–H groups in total. The molecule has 218 valence electrons. The van der Waals surface area contributed by atoms with Gasteiger partial charge in [-0.05, 0) is 38.0 Å². The number of ether oxygens (including phenoxy) is 1. The SMILES string of the molecule is C=CC(O)N1CCN(c2nc(OCC3CN(C)CCN3C)nc3c2CCN(c2cc(O)cc4ccccc24)C3)CC1. The Labute approximate surface area is 242 Å². The van der Waals surface area contributed by atoms with Gasteiger partial charge in [0.25, 0.3) is 0 Å². The van der Waals surface area contributed by atoms with Crippen LogP contribution in [0.2, 0.25) is 0 Å². The Bertz CT molecular complexity index is 1390. The lowest BCUT2D eigenvalue weighted by Gasteiger charge is -2.39. The largest absolute Gasteiger partial charge is 0.508 e. The molecule has 2 aromatic carbocycles. The number of likely N-dealkylation sites (N-methyl/N-ethyl adjacent to an activating group) is 2. The molecule has 0 radical (unpaired) electrons. The number of piperazine rings is 2. The molecule has 2 atom stereocenters. The van der Waals surface area contributed by atoms with E-state index in [1.807, 2.05) is 35.2 Å². The van der Waals surface area contributed by atoms with E-state index < -0.39 is 6.23 Å². The molecule has 0 aliphatic carbocycles. The lowest BCUT2D eigenvalue weighted by atomic mass is 10.0. The van der Waals surface area contributed by atoms with Crippen LogP contribution >= 0.6 is 0 Å². The maximum Gasteiger partial charge on any atom is 0.318 e. The summed E-state index contributed by atoms with van der Waals surface area (Å²) in [5, 5.41) is 22.9. The third kappa shape index (κ3) is 5.83. The highest BCUT2D eigenvalue weighted by molar-refractivity contribution is 5.95. The summed E-state index contributed by atoms with van der Waals surface area (Å²) in [6.45, 7) is 11.6. The maximum absolute atomic E-state index is 10.5. The monoisotopic (exact) mass is 559 g/mol. The quantitative estimate of drug-likeness (QED) is 0.420. The first-order valence-corrected chi connectivity index (χ1v) is 14.6. The van der Waals surface area contributed by atoms with Crippen LogP contribution in [0.5, 0.6) is 11.8 Å². The van der Waals surface area contributed by atoms with Crippen LogP contribution in [0.3, 0.4) is 0 Å². The summed E-state index contributed by atoms with van der Waals surface area (Å²) in [6, 6.07) is 12.5. The van der Waals surface area contributed by atoms with Gasteiger partial charge < -0.3 is 29.6 Å². The van der Waals surface area contributed by atoms with Gasteiger partial charge in [0.1, 0.15) is 24.4 Å². The number of aliphatic hydroxyl groups is 1. The number of anilines is 2. The standard InChI is InChI=1S/C31H41N7O3/c1-4-29(40)36-13-15-37(16-14-36)30-26-9-10-38(28-18-24(39)17-22-7-5-6-8-25(22)28)20-27(26)32-31(33-30)41-21-23-19-34(2)11-12-35(23)3/h4-8,17-18,23,29,39-40H,1,9-16,19-21H2,2-3H3. The number of fused-ring (bicyclic) bond motifs is 2. The summed E-state index contributed by atoms with van der Waals surface area (Å²) in [4.78, 5) is 21.3. The molecule has 0 amide bonds. The molecule has 2 fully saturated rings. The first-order valence-electron chi connectivity index (χ1n) is 14.6. The summed E-state index contributed by atoms with van der Waals surface area (Å²) >= 11 is 0. The smallest absolute Gasteiger partial charge is 0.318 e. The number of aliphatic hydroxyl groups excluding tert-OH is 1. The van der Waals surface area contributed by atoms with Crippen molar-refractivity contribution >= 4 is 22.3 Å². The molecule has 2 saturated heterocycles. The van der Waals surface area contributed by atoms with Crippen LogP contribution < -0.4 is 14.5 Å². The number of hydrogen-bond acceptors (Lipinski definition) is 10. The van der Waals surface area contributed by atoms with E-state index in [1.165, 1.54) is 0 Å². The Morgan fingerprint density at radius 3 is 2.63 bits per heavy atom. The number of benzene rings is 2. The molecular formula is C31H41N7O3. The highest BCUT2D eigenvalue weighted by Gasteiger charge is 2.30. The molecule has 3 aliphatic heterocycles. The second-order valence-electron chi connectivity index (χ2n) is 11.5. The van der Waals surface area contributed by atoms with Crippen molar-refractivity contribution in [2.75, 3.05) is 82.9 Å². The van der Waals surface area contributed by atoms with Crippen molar-refractivity contribution in [2.24, 2.45) is 0 Å². The number of phenolic OH excluding ortho intramolecular Hbond substituents is 1. The topological polar surface area (TPSA) is 91.7 Å². The van der Waals surface area contributed by atoms with Crippen LogP contribution in [0.4, 0.5) is 11.5 Å². The highest BCUT2D eigenvalue weighted by atomic mass is 16.5. The zero-order valence-electron chi connectivity index (χ0n) is 24.1. The van der Waals surface area contributed by atoms with Gasteiger partial charge in [-0.2, -0.15) is 9.97 Å². The van der Waals surface area contributed by atoms with Crippen LogP contribution in [-0.4, -0.2) is 120 Å². The number of hydrogen-bond donors (Lipinski definition) is 2. The van der Waals surface area contributed by atoms with Crippen molar-refractivity contribution in [3.63, 3.8) is 0 Å². The number of aromatic hydroxyl groups is 1. The summed E-state index contributed by atoms with van der Waals surface area (Å²) in [5.41, 5.74) is 3.13. The maximum atomic E-state index is 10.5. The fourth-order valence-electron chi connectivity index (χ4n) is 6.26. The summed E-state index contributed by atoms with van der Waals surface area (Å²) in [6.07, 6.45) is 1.74. The Kier molecular flexibility index (Phi) is 7.99. The molecule has 1 aromatic heterocycles. The fourth-order valence-corrected chi connectivity index (χ4v) is 6.26. The molecular weight excluding hydrogens is 518 g/mol. The normalized spacial score (nSPS) is 21.6. The summed E-state index contributed by atoms with van der Waals surface area (Å²) in [5.74, 6) is 1.20. The van der Waals surface area contributed by atoms with Crippen LogP contribution in [0.15, 0.2) is 49.1 Å². The van der Waals surface area contributed by atoms with Gasteiger partial charge in [-0.15, -0.1) is 0 Å². The number of phenols is 1. The predicted molar refractivity (Wildman–Crippen MR) is 162 cm³/mol. The third-order valence-electron chi connectivity index (χ3n) is 8.77. The second-order valence-corrected chi connectivity index (χ2v) is 11.5. The zero-order chi connectivity index (χ0) is 28.5. The van der Waals surface area contributed by atoms with Crippen molar-refractivity contribution < 1.29 is 14.9 Å². The third-order valence-corrected chi connectivity index (χ3v) is 8.77. The van der Waals surface area contributed by atoms with Gasteiger partial charge >= 0.3 is 6.01 Å². The molecule has 2 unspecified atom stereocenters. The Balaban J connectivity index is 1.30. The van der Waals surface area contributed by atoms with Crippen LogP contribution in [-0.2, 0) is 13.0 Å². The highest BCUT2D eigenvalue weighted by Crippen LogP contribution is 2.36. The van der Waals surface area contributed by atoms with E-state index in [9.17, 15) is 10.2 Å².